The van der Waals surface area contributed by atoms with E-state index in [-0.39, 0.29) is 6.54 Å². The van der Waals surface area contributed by atoms with E-state index in [1.54, 1.807) is 18.2 Å². The zero-order valence-corrected chi connectivity index (χ0v) is 11.8. The van der Waals surface area contributed by atoms with Gasteiger partial charge in [0.25, 0.3) is 0 Å². The Balaban J connectivity index is 2.06. The SMILES string of the molecule is COc1ccc(NC(=O)Cn2cnc([N+](=O)[O-])n2)c(OC)c1. The summed E-state index contributed by atoms with van der Waals surface area (Å²) in [5, 5.41) is 16.7. The quantitative estimate of drug-likeness (QED) is 0.620. The fourth-order valence-corrected chi connectivity index (χ4v) is 1.68. The second-order valence-corrected chi connectivity index (χ2v) is 4.11. The van der Waals surface area contributed by atoms with Crippen LogP contribution >= 0.6 is 0 Å². The van der Waals surface area contributed by atoms with Crippen LogP contribution in [-0.4, -0.2) is 39.8 Å². The molecule has 0 aliphatic heterocycles. The minimum absolute atomic E-state index is 0.212. The van der Waals surface area contributed by atoms with Crippen molar-refractivity contribution in [2.24, 2.45) is 0 Å². The van der Waals surface area contributed by atoms with E-state index in [1.807, 2.05) is 0 Å². The second kappa shape index (κ2) is 6.52. The summed E-state index contributed by atoms with van der Waals surface area (Å²) in [6, 6.07) is 4.91. The van der Waals surface area contributed by atoms with E-state index in [1.165, 1.54) is 14.2 Å². The minimum Gasteiger partial charge on any atom is -0.497 e. The number of benzene rings is 1. The largest absolute Gasteiger partial charge is 0.497 e. The van der Waals surface area contributed by atoms with Gasteiger partial charge in [-0.3, -0.25) is 4.79 Å². The molecule has 1 heterocycles. The van der Waals surface area contributed by atoms with Crippen molar-refractivity contribution in [1.29, 1.82) is 0 Å². The summed E-state index contributed by atoms with van der Waals surface area (Å²) >= 11 is 0. The van der Waals surface area contributed by atoms with E-state index in [9.17, 15) is 14.9 Å². The lowest BCUT2D eigenvalue weighted by molar-refractivity contribution is -0.394. The molecule has 2 rings (SSSR count). The van der Waals surface area contributed by atoms with Gasteiger partial charge in [0, 0.05) is 11.2 Å². The summed E-state index contributed by atoms with van der Waals surface area (Å²) in [6.45, 7) is -0.212. The third kappa shape index (κ3) is 3.48. The Labute approximate surface area is 124 Å². The molecule has 0 atom stereocenters. The van der Waals surface area contributed by atoms with Gasteiger partial charge in [-0.05, 0) is 17.1 Å². The molecule has 0 unspecified atom stereocenters. The number of ether oxygens (including phenoxy) is 2. The number of hydrogen-bond donors (Lipinski definition) is 1. The number of aromatic nitrogens is 3. The molecular formula is C12H13N5O5. The first-order chi connectivity index (χ1) is 10.5. The Kier molecular flexibility index (Phi) is 4.51. The molecule has 0 aliphatic carbocycles. The average Bonchev–Trinajstić information content (AvgIpc) is 2.96. The van der Waals surface area contributed by atoms with E-state index in [0.29, 0.717) is 17.2 Å². The number of rotatable bonds is 6. The molecule has 10 nitrogen and oxygen atoms in total. The Morgan fingerprint density at radius 3 is 2.77 bits per heavy atom. The predicted octanol–water partition coefficient (Wildman–Crippen LogP) is 0.842. The van der Waals surface area contributed by atoms with Crippen LogP contribution in [0.1, 0.15) is 0 Å². The number of nitrogens with one attached hydrogen (secondary N) is 1. The van der Waals surface area contributed by atoms with Crippen molar-refractivity contribution in [1.82, 2.24) is 14.8 Å². The van der Waals surface area contributed by atoms with Gasteiger partial charge < -0.3 is 24.9 Å². The molecule has 0 bridgehead atoms. The number of carbonyl (C=O) groups excluding carboxylic acids is 1. The van der Waals surface area contributed by atoms with Crippen LogP contribution < -0.4 is 14.8 Å². The van der Waals surface area contributed by atoms with Gasteiger partial charge in [-0.2, -0.15) is 4.68 Å². The molecule has 0 saturated carbocycles. The summed E-state index contributed by atoms with van der Waals surface area (Å²) in [5.41, 5.74) is 0.447. The molecular weight excluding hydrogens is 294 g/mol. The van der Waals surface area contributed by atoms with Crippen molar-refractivity contribution < 1.29 is 19.2 Å². The number of hydrogen-bond acceptors (Lipinski definition) is 7. The van der Waals surface area contributed by atoms with Gasteiger partial charge in [0.2, 0.25) is 12.2 Å². The van der Waals surface area contributed by atoms with E-state index in [0.717, 1.165) is 11.0 Å². The van der Waals surface area contributed by atoms with Crippen molar-refractivity contribution >= 4 is 17.5 Å². The van der Waals surface area contributed by atoms with E-state index < -0.39 is 16.8 Å². The monoisotopic (exact) mass is 307 g/mol. The lowest BCUT2D eigenvalue weighted by atomic mass is 10.2. The number of carbonyl (C=O) groups is 1. The zero-order valence-electron chi connectivity index (χ0n) is 11.8. The minimum atomic E-state index is -0.735. The maximum atomic E-state index is 11.9. The van der Waals surface area contributed by atoms with Crippen LogP contribution in [-0.2, 0) is 11.3 Å². The summed E-state index contributed by atoms with van der Waals surface area (Å²) < 4.78 is 11.3. The highest BCUT2D eigenvalue weighted by Crippen LogP contribution is 2.28. The van der Waals surface area contributed by atoms with Gasteiger partial charge in [-0.1, -0.05) is 4.98 Å². The van der Waals surface area contributed by atoms with Crippen LogP contribution in [0.25, 0.3) is 0 Å². The molecule has 1 aromatic carbocycles. The Morgan fingerprint density at radius 2 is 2.18 bits per heavy atom. The predicted molar refractivity (Wildman–Crippen MR) is 74.9 cm³/mol. The van der Waals surface area contributed by atoms with Crippen molar-refractivity contribution in [2.45, 2.75) is 6.54 Å². The Hall–Kier alpha value is -3.17. The summed E-state index contributed by atoms with van der Waals surface area (Å²) in [4.78, 5) is 25.1. The lowest BCUT2D eigenvalue weighted by Crippen LogP contribution is -2.19. The van der Waals surface area contributed by atoms with Crippen molar-refractivity contribution in [3.63, 3.8) is 0 Å². The maximum absolute atomic E-state index is 11.9. The Morgan fingerprint density at radius 1 is 1.41 bits per heavy atom. The molecule has 22 heavy (non-hydrogen) atoms. The van der Waals surface area contributed by atoms with Crippen molar-refractivity contribution in [3.8, 4) is 11.5 Å². The number of amides is 1. The van der Waals surface area contributed by atoms with Crippen LogP contribution in [0.2, 0.25) is 0 Å². The van der Waals surface area contributed by atoms with Gasteiger partial charge in [0.05, 0.1) is 19.9 Å². The smallest absolute Gasteiger partial charge is 0.490 e. The number of methoxy groups -OCH3 is 2. The second-order valence-electron chi connectivity index (χ2n) is 4.11. The molecule has 0 spiro atoms. The fraction of sp³-hybridized carbons (Fsp3) is 0.250. The van der Waals surface area contributed by atoms with Gasteiger partial charge in [0.15, 0.2) is 0 Å². The van der Waals surface area contributed by atoms with Gasteiger partial charge >= 0.3 is 5.95 Å². The first kappa shape index (κ1) is 15.2. The van der Waals surface area contributed by atoms with Gasteiger partial charge in [-0.15, -0.1) is 0 Å². The van der Waals surface area contributed by atoms with E-state index in [4.69, 9.17) is 9.47 Å². The molecule has 1 aromatic heterocycles. The molecule has 0 radical (unpaired) electrons. The van der Waals surface area contributed by atoms with E-state index in [2.05, 4.69) is 15.4 Å². The maximum Gasteiger partial charge on any atom is 0.490 e. The normalized spacial score (nSPS) is 10.1. The van der Waals surface area contributed by atoms with Crippen LogP contribution in [0.15, 0.2) is 24.5 Å². The van der Waals surface area contributed by atoms with Crippen LogP contribution in [0.5, 0.6) is 11.5 Å². The molecule has 2 aromatic rings. The van der Waals surface area contributed by atoms with E-state index >= 15 is 0 Å². The zero-order chi connectivity index (χ0) is 16.1. The lowest BCUT2D eigenvalue weighted by Gasteiger charge is -2.11. The third-order valence-electron chi connectivity index (χ3n) is 2.68. The molecule has 0 aliphatic rings. The number of nitrogens with zero attached hydrogens (tertiary/aromatic N) is 4. The first-order valence-corrected chi connectivity index (χ1v) is 6.09. The molecule has 1 amide bonds. The summed E-state index contributed by atoms with van der Waals surface area (Å²) in [5.74, 6) is 0.0251. The topological polar surface area (TPSA) is 121 Å². The fourth-order valence-electron chi connectivity index (χ4n) is 1.68. The highest BCUT2D eigenvalue weighted by Gasteiger charge is 2.16. The van der Waals surface area contributed by atoms with Gasteiger partial charge in [0.1, 0.15) is 18.0 Å². The first-order valence-electron chi connectivity index (χ1n) is 6.09. The van der Waals surface area contributed by atoms with Crippen molar-refractivity contribution in [2.75, 3.05) is 19.5 Å². The average molecular weight is 307 g/mol. The molecule has 0 saturated heterocycles. The molecule has 10 heteroatoms. The van der Waals surface area contributed by atoms with Crippen LogP contribution in [0.3, 0.4) is 0 Å². The number of anilines is 1. The highest BCUT2D eigenvalue weighted by molar-refractivity contribution is 5.92. The van der Waals surface area contributed by atoms with Crippen LogP contribution in [0, 0.1) is 10.1 Å². The molecule has 0 fully saturated rings. The summed E-state index contributed by atoms with van der Waals surface area (Å²) in [6.07, 6.45) is 1.11. The summed E-state index contributed by atoms with van der Waals surface area (Å²) in [7, 11) is 2.98. The van der Waals surface area contributed by atoms with Gasteiger partial charge in [-0.25, -0.2) is 0 Å². The van der Waals surface area contributed by atoms with Crippen molar-refractivity contribution in [3.05, 3.63) is 34.6 Å². The number of nitro groups is 1. The standard InChI is InChI=1S/C12H13N5O5/c1-21-8-3-4-9(10(5-8)22-2)14-11(18)6-16-7-13-12(15-16)17(19)20/h3-5,7H,6H2,1-2H3,(H,14,18). The Bertz CT molecular complexity index is 699. The highest BCUT2D eigenvalue weighted by atomic mass is 16.6. The van der Waals surface area contributed by atoms with Crippen LogP contribution in [0.4, 0.5) is 11.6 Å². The molecule has 116 valence electrons. The molecule has 1 N–H and O–H groups in total. The third-order valence-corrected chi connectivity index (χ3v) is 2.68.